The normalized spacial score (nSPS) is 10.2. The molecule has 1 heterocycles. The fraction of sp³-hybridized carbons (Fsp3) is 0. The van der Waals surface area contributed by atoms with Crippen LogP contribution in [0.15, 0.2) is 30.5 Å². The smallest absolute Gasteiger partial charge is 0.337 e. The van der Waals surface area contributed by atoms with Crippen molar-refractivity contribution < 1.29 is 19.1 Å². The van der Waals surface area contributed by atoms with Crippen LogP contribution in [0.4, 0.5) is 10.1 Å². The van der Waals surface area contributed by atoms with E-state index >= 15 is 0 Å². The highest BCUT2D eigenvalue weighted by Gasteiger charge is 2.19. The first-order valence-corrected chi connectivity index (χ1v) is 6.30. The van der Waals surface area contributed by atoms with Gasteiger partial charge in [-0.25, -0.2) is 14.2 Å². The third kappa shape index (κ3) is 3.29. The van der Waals surface area contributed by atoms with Gasteiger partial charge in [-0.15, -0.1) is 0 Å². The third-order valence-corrected chi connectivity index (χ3v) is 3.06. The number of aromatic carboxylic acids is 1. The highest BCUT2D eigenvalue weighted by Crippen LogP contribution is 2.23. The van der Waals surface area contributed by atoms with Crippen LogP contribution in [0, 0.1) is 5.82 Å². The Kier molecular flexibility index (Phi) is 4.40. The van der Waals surface area contributed by atoms with Crippen molar-refractivity contribution >= 4 is 40.8 Å². The van der Waals surface area contributed by atoms with E-state index in [0.717, 1.165) is 12.3 Å². The lowest BCUT2D eigenvalue weighted by molar-refractivity contribution is 0.0697. The van der Waals surface area contributed by atoms with Crippen molar-refractivity contribution in [2.24, 2.45) is 0 Å². The van der Waals surface area contributed by atoms with Gasteiger partial charge in [0.05, 0.1) is 21.8 Å². The lowest BCUT2D eigenvalue weighted by atomic mass is 10.1. The number of anilines is 1. The topological polar surface area (TPSA) is 79.3 Å². The lowest BCUT2D eigenvalue weighted by Crippen LogP contribution is -2.16. The zero-order valence-corrected chi connectivity index (χ0v) is 11.7. The molecule has 1 aromatic heterocycles. The summed E-state index contributed by atoms with van der Waals surface area (Å²) in [6.07, 6.45) is 1.16. The largest absolute Gasteiger partial charge is 0.478 e. The van der Waals surface area contributed by atoms with Crippen molar-refractivity contribution in [1.82, 2.24) is 4.98 Å². The Morgan fingerprint density at radius 2 is 1.95 bits per heavy atom. The van der Waals surface area contributed by atoms with Crippen LogP contribution in [0.2, 0.25) is 10.2 Å². The number of carbonyl (C=O) groups is 2. The quantitative estimate of drug-likeness (QED) is 0.845. The maximum atomic E-state index is 13.7. The molecular formula is C13H7Cl2FN2O3. The van der Waals surface area contributed by atoms with E-state index in [4.69, 9.17) is 28.3 Å². The Balaban J connectivity index is 2.41. The number of aromatic nitrogens is 1. The summed E-state index contributed by atoms with van der Waals surface area (Å²) in [7, 11) is 0. The molecule has 21 heavy (non-hydrogen) atoms. The minimum absolute atomic E-state index is 0.00474. The SMILES string of the molecule is O=C(Nc1c(F)cccc1C(=O)O)c1cc(Cl)ncc1Cl. The number of amides is 1. The van der Waals surface area contributed by atoms with Crippen molar-refractivity contribution in [1.29, 1.82) is 0 Å². The van der Waals surface area contributed by atoms with E-state index in [0.29, 0.717) is 0 Å². The van der Waals surface area contributed by atoms with E-state index in [9.17, 15) is 14.0 Å². The summed E-state index contributed by atoms with van der Waals surface area (Å²) in [5, 5.41) is 11.2. The number of hydrogen-bond acceptors (Lipinski definition) is 3. The van der Waals surface area contributed by atoms with Gasteiger partial charge in [0.25, 0.3) is 5.91 Å². The van der Waals surface area contributed by atoms with E-state index in [1.165, 1.54) is 18.2 Å². The van der Waals surface area contributed by atoms with Crippen molar-refractivity contribution in [2.45, 2.75) is 0 Å². The molecule has 1 amide bonds. The number of halogens is 3. The summed E-state index contributed by atoms with van der Waals surface area (Å²) in [6.45, 7) is 0. The molecule has 8 heteroatoms. The molecule has 0 fully saturated rings. The van der Waals surface area contributed by atoms with Crippen molar-refractivity contribution in [2.75, 3.05) is 5.32 Å². The monoisotopic (exact) mass is 328 g/mol. The van der Waals surface area contributed by atoms with Crippen LogP contribution < -0.4 is 5.32 Å². The summed E-state index contributed by atoms with van der Waals surface area (Å²) >= 11 is 11.5. The van der Waals surface area contributed by atoms with E-state index < -0.39 is 23.4 Å². The Bertz CT molecular complexity index is 737. The molecule has 0 saturated carbocycles. The number of pyridine rings is 1. The highest BCUT2D eigenvalue weighted by molar-refractivity contribution is 6.35. The highest BCUT2D eigenvalue weighted by atomic mass is 35.5. The molecule has 0 bridgehead atoms. The van der Waals surface area contributed by atoms with Crippen LogP contribution >= 0.6 is 23.2 Å². The fourth-order valence-electron chi connectivity index (χ4n) is 1.60. The van der Waals surface area contributed by atoms with Crippen LogP contribution in [0.3, 0.4) is 0 Å². The minimum atomic E-state index is -1.37. The van der Waals surface area contributed by atoms with Gasteiger partial charge in [0.15, 0.2) is 0 Å². The van der Waals surface area contributed by atoms with E-state index in [1.807, 2.05) is 0 Å². The molecule has 0 atom stereocenters. The summed E-state index contributed by atoms with van der Waals surface area (Å²) in [4.78, 5) is 26.8. The first kappa shape index (κ1) is 15.2. The molecule has 2 rings (SSSR count). The van der Waals surface area contributed by atoms with Crippen molar-refractivity contribution in [3.63, 3.8) is 0 Å². The number of para-hydroxylation sites is 1. The summed E-state index contributed by atoms with van der Waals surface area (Å²) in [5.74, 6) is -3.04. The summed E-state index contributed by atoms with van der Waals surface area (Å²) in [6, 6.07) is 4.62. The zero-order valence-electron chi connectivity index (χ0n) is 10.2. The van der Waals surface area contributed by atoms with Gasteiger partial charge in [0.2, 0.25) is 0 Å². The third-order valence-electron chi connectivity index (χ3n) is 2.55. The maximum Gasteiger partial charge on any atom is 0.337 e. The van der Waals surface area contributed by atoms with E-state index in [-0.39, 0.29) is 21.3 Å². The molecule has 0 radical (unpaired) electrons. The van der Waals surface area contributed by atoms with Gasteiger partial charge < -0.3 is 10.4 Å². The molecule has 0 aliphatic rings. The van der Waals surface area contributed by atoms with Gasteiger partial charge >= 0.3 is 5.97 Å². The van der Waals surface area contributed by atoms with Crippen LogP contribution in [-0.4, -0.2) is 22.0 Å². The van der Waals surface area contributed by atoms with Gasteiger partial charge in [-0.05, 0) is 18.2 Å². The average molecular weight is 329 g/mol. The van der Waals surface area contributed by atoms with Crippen LogP contribution in [0.1, 0.15) is 20.7 Å². The molecule has 0 unspecified atom stereocenters. The Labute approximate surface area is 128 Å². The van der Waals surface area contributed by atoms with E-state index in [2.05, 4.69) is 10.3 Å². The number of nitrogens with one attached hydrogen (secondary N) is 1. The minimum Gasteiger partial charge on any atom is -0.478 e. The van der Waals surface area contributed by atoms with Crippen LogP contribution in [-0.2, 0) is 0 Å². The van der Waals surface area contributed by atoms with Crippen molar-refractivity contribution in [3.05, 3.63) is 57.6 Å². The number of benzene rings is 1. The second kappa shape index (κ2) is 6.07. The molecule has 0 saturated heterocycles. The van der Waals surface area contributed by atoms with Gasteiger partial charge in [-0.1, -0.05) is 29.3 Å². The predicted molar refractivity (Wildman–Crippen MR) is 75.6 cm³/mol. The van der Waals surface area contributed by atoms with Crippen LogP contribution in [0.25, 0.3) is 0 Å². The maximum absolute atomic E-state index is 13.7. The lowest BCUT2D eigenvalue weighted by Gasteiger charge is -2.10. The molecule has 0 aliphatic carbocycles. The number of carbonyl (C=O) groups excluding carboxylic acids is 1. The Morgan fingerprint density at radius 1 is 1.24 bits per heavy atom. The Hall–Kier alpha value is -2.18. The zero-order chi connectivity index (χ0) is 15.6. The molecular weight excluding hydrogens is 322 g/mol. The number of rotatable bonds is 3. The second-order valence-corrected chi connectivity index (χ2v) is 4.70. The average Bonchev–Trinajstić information content (AvgIpc) is 2.43. The van der Waals surface area contributed by atoms with Crippen molar-refractivity contribution in [3.8, 4) is 0 Å². The molecule has 108 valence electrons. The van der Waals surface area contributed by atoms with Gasteiger partial charge in [-0.2, -0.15) is 0 Å². The molecule has 0 spiro atoms. The number of hydrogen-bond donors (Lipinski definition) is 2. The standard InChI is InChI=1S/C13H7Cl2FN2O3/c14-8-5-17-10(15)4-7(8)12(19)18-11-6(13(20)21)2-1-3-9(11)16/h1-5H,(H,18,19)(H,20,21). The summed E-state index contributed by atoms with van der Waals surface area (Å²) < 4.78 is 13.7. The van der Waals surface area contributed by atoms with Crippen LogP contribution in [0.5, 0.6) is 0 Å². The predicted octanol–water partition coefficient (Wildman–Crippen LogP) is 3.48. The molecule has 0 aliphatic heterocycles. The van der Waals surface area contributed by atoms with Gasteiger partial charge in [0, 0.05) is 6.20 Å². The molecule has 1 aromatic carbocycles. The second-order valence-electron chi connectivity index (χ2n) is 3.91. The summed E-state index contributed by atoms with van der Waals surface area (Å²) in [5.41, 5.74) is -0.866. The molecule has 2 aromatic rings. The number of nitrogens with zero attached hydrogens (tertiary/aromatic N) is 1. The Morgan fingerprint density at radius 3 is 2.62 bits per heavy atom. The molecule has 2 N–H and O–H groups in total. The van der Waals surface area contributed by atoms with Gasteiger partial charge in [-0.3, -0.25) is 4.79 Å². The number of carboxylic acid groups (broad SMARTS) is 1. The fourth-order valence-corrected chi connectivity index (χ4v) is 1.94. The first-order chi connectivity index (χ1) is 9.90. The molecule has 5 nitrogen and oxygen atoms in total. The first-order valence-electron chi connectivity index (χ1n) is 5.54. The van der Waals surface area contributed by atoms with E-state index in [1.54, 1.807) is 0 Å². The number of carboxylic acids is 1. The van der Waals surface area contributed by atoms with Gasteiger partial charge in [0.1, 0.15) is 11.0 Å².